The Morgan fingerprint density at radius 3 is 1.76 bits per heavy atom. The molecular formula is C19H46NO4P. The van der Waals surface area contributed by atoms with Gasteiger partial charge in [0.15, 0.2) is 0 Å². The number of nitrogens with one attached hydrogen (secondary N) is 1. The first-order valence-electron chi connectivity index (χ1n) is 9.26. The fraction of sp³-hybridized carbons (Fsp3) is 0.895. The molecule has 0 aromatic heterocycles. The molecule has 5 nitrogen and oxygen atoms in total. The highest BCUT2D eigenvalue weighted by Crippen LogP contribution is 2.04. The van der Waals surface area contributed by atoms with Crippen molar-refractivity contribution in [2.75, 3.05) is 19.8 Å². The third-order valence-corrected chi connectivity index (χ3v) is 3.61. The summed E-state index contributed by atoms with van der Waals surface area (Å²) in [6.45, 7) is 13.1. The van der Waals surface area contributed by atoms with Crippen LogP contribution in [0.1, 0.15) is 81.5 Å². The predicted octanol–water partition coefficient (Wildman–Crippen LogP) is 3.63. The molecule has 0 fully saturated rings. The van der Waals surface area contributed by atoms with Crippen molar-refractivity contribution in [3.8, 4) is 0 Å². The Bertz CT molecular complexity index is 291. The van der Waals surface area contributed by atoms with Gasteiger partial charge in [-0.25, -0.2) is 0 Å². The van der Waals surface area contributed by atoms with Crippen molar-refractivity contribution in [3.63, 3.8) is 0 Å². The van der Waals surface area contributed by atoms with Crippen LogP contribution in [0.5, 0.6) is 0 Å². The highest BCUT2D eigenvalue weighted by molar-refractivity contribution is 6.92. The average molecular weight is 384 g/mol. The van der Waals surface area contributed by atoms with Gasteiger partial charge >= 0.3 is 0 Å². The molecule has 3 atom stereocenters. The zero-order valence-corrected chi connectivity index (χ0v) is 18.9. The summed E-state index contributed by atoms with van der Waals surface area (Å²) < 4.78 is 0. The molecule has 1 amide bonds. The number of amides is 1. The number of aliphatic hydroxyl groups excluding tert-OH is 2. The van der Waals surface area contributed by atoms with E-state index in [1.165, 1.54) is 13.3 Å². The molecular weight excluding hydrogens is 337 g/mol. The van der Waals surface area contributed by atoms with Gasteiger partial charge in [0, 0.05) is 34.0 Å². The summed E-state index contributed by atoms with van der Waals surface area (Å²) >= 11 is 0. The van der Waals surface area contributed by atoms with Crippen LogP contribution >= 0.6 is 9.90 Å². The Balaban J connectivity index is -0.0000000900. The van der Waals surface area contributed by atoms with Crippen molar-refractivity contribution in [1.29, 1.82) is 0 Å². The van der Waals surface area contributed by atoms with Crippen molar-refractivity contribution < 1.29 is 21.2 Å². The van der Waals surface area contributed by atoms with E-state index in [9.17, 15) is 9.59 Å². The standard InChI is InChI=1S/C10H21NO.C5H12O.C4H8O2.H3P.H2/c1-4-6-10(12)11-8-7-9(3)5-2;1-3-5(2)4-6;1-4(6)2-3-5;;/h9H,4-8H2,1-3H3,(H,11,12);5-6H,3-4H2,1-2H3;5H,2-3H2,1H3;1H3;1H. The van der Waals surface area contributed by atoms with E-state index in [-0.39, 0.29) is 29.6 Å². The van der Waals surface area contributed by atoms with Crippen molar-refractivity contribution >= 4 is 21.6 Å². The summed E-state index contributed by atoms with van der Waals surface area (Å²) in [6, 6.07) is 0. The normalized spacial score (nSPS) is 11.5. The minimum atomic E-state index is -0.0185. The van der Waals surface area contributed by atoms with Crippen LogP contribution in [0.25, 0.3) is 0 Å². The lowest BCUT2D eigenvalue weighted by Crippen LogP contribution is -2.24. The number of Topliss-reactive ketones (excluding diaryl/α,β-unsaturated/α-hetero) is 1. The Hall–Kier alpha value is -0.510. The fourth-order valence-corrected chi connectivity index (χ4v) is 1.26. The zero-order valence-electron chi connectivity index (χ0n) is 17.4. The fourth-order valence-electron chi connectivity index (χ4n) is 1.26. The maximum Gasteiger partial charge on any atom is 0.219 e. The van der Waals surface area contributed by atoms with E-state index in [1.54, 1.807) is 0 Å². The highest BCUT2D eigenvalue weighted by atomic mass is 31.0. The van der Waals surface area contributed by atoms with E-state index >= 15 is 0 Å². The van der Waals surface area contributed by atoms with Gasteiger partial charge in [-0.2, -0.15) is 9.90 Å². The summed E-state index contributed by atoms with van der Waals surface area (Å²) in [4.78, 5) is 20.9. The lowest BCUT2D eigenvalue weighted by Gasteiger charge is -2.08. The van der Waals surface area contributed by atoms with Gasteiger partial charge in [-0.05, 0) is 31.6 Å². The van der Waals surface area contributed by atoms with Gasteiger partial charge in [0.1, 0.15) is 5.78 Å². The maximum absolute atomic E-state index is 11.0. The van der Waals surface area contributed by atoms with Crippen LogP contribution in [-0.2, 0) is 9.59 Å². The molecule has 0 rings (SSSR count). The van der Waals surface area contributed by atoms with E-state index in [1.807, 2.05) is 13.8 Å². The van der Waals surface area contributed by atoms with Crippen LogP contribution in [0, 0.1) is 11.8 Å². The first-order valence-corrected chi connectivity index (χ1v) is 9.26. The second kappa shape index (κ2) is 25.7. The molecule has 0 aliphatic carbocycles. The molecule has 0 aromatic rings. The summed E-state index contributed by atoms with van der Waals surface area (Å²) in [5.41, 5.74) is 0. The smallest absolute Gasteiger partial charge is 0.219 e. The van der Waals surface area contributed by atoms with E-state index in [4.69, 9.17) is 10.2 Å². The minimum Gasteiger partial charge on any atom is -0.396 e. The number of carbonyl (C=O) groups is 2. The summed E-state index contributed by atoms with van der Waals surface area (Å²) in [5.74, 6) is 1.45. The van der Waals surface area contributed by atoms with Crippen LogP contribution in [0.3, 0.4) is 0 Å². The Morgan fingerprint density at radius 1 is 1.00 bits per heavy atom. The highest BCUT2D eigenvalue weighted by Gasteiger charge is 2.00. The minimum absolute atomic E-state index is 0. The molecule has 6 heteroatoms. The van der Waals surface area contributed by atoms with E-state index in [0.717, 1.165) is 31.7 Å². The van der Waals surface area contributed by atoms with Gasteiger partial charge in [-0.3, -0.25) is 9.59 Å². The Morgan fingerprint density at radius 2 is 1.52 bits per heavy atom. The zero-order chi connectivity index (χ0) is 19.4. The SMILES string of the molecule is CC(=O)CCO.CCC(C)CO.CCCC(=O)NCCC(C)CC.P.[HH]. The monoisotopic (exact) mass is 383 g/mol. The summed E-state index contributed by atoms with van der Waals surface area (Å²) in [6.07, 6.45) is 5.28. The van der Waals surface area contributed by atoms with Crippen LogP contribution < -0.4 is 5.32 Å². The van der Waals surface area contributed by atoms with Crippen molar-refractivity contribution in [3.05, 3.63) is 0 Å². The molecule has 0 saturated carbocycles. The van der Waals surface area contributed by atoms with Crippen LogP contribution in [0.15, 0.2) is 0 Å². The first kappa shape index (κ1) is 32.2. The lowest BCUT2D eigenvalue weighted by molar-refractivity contribution is -0.121. The maximum atomic E-state index is 11.0. The molecule has 0 radical (unpaired) electrons. The molecule has 0 aromatic carbocycles. The van der Waals surface area contributed by atoms with Crippen molar-refractivity contribution in [1.82, 2.24) is 5.32 Å². The molecule has 0 saturated heterocycles. The molecule has 0 aliphatic rings. The molecule has 3 unspecified atom stereocenters. The molecule has 156 valence electrons. The predicted molar refractivity (Wildman–Crippen MR) is 114 cm³/mol. The quantitative estimate of drug-likeness (QED) is 0.503. The topological polar surface area (TPSA) is 86.6 Å². The number of hydrogen-bond acceptors (Lipinski definition) is 4. The largest absolute Gasteiger partial charge is 0.396 e. The van der Waals surface area contributed by atoms with E-state index in [2.05, 4.69) is 26.1 Å². The van der Waals surface area contributed by atoms with Gasteiger partial charge in [0.2, 0.25) is 5.91 Å². The molecule has 25 heavy (non-hydrogen) atoms. The average Bonchev–Trinajstić information content (AvgIpc) is 2.55. The second-order valence-electron chi connectivity index (χ2n) is 6.27. The molecule has 0 bridgehead atoms. The molecule has 0 aliphatic heterocycles. The van der Waals surface area contributed by atoms with Crippen molar-refractivity contribution in [2.45, 2.75) is 80.1 Å². The van der Waals surface area contributed by atoms with Gasteiger partial charge in [0.05, 0.1) is 0 Å². The summed E-state index contributed by atoms with van der Waals surface area (Å²) in [5, 5.41) is 19.3. The molecule has 0 heterocycles. The number of rotatable bonds is 10. The second-order valence-corrected chi connectivity index (χ2v) is 6.27. The molecule has 3 N–H and O–H groups in total. The van der Waals surface area contributed by atoms with Crippen LogP contribution in [0.2, 0.25) is 0 Å². The van der Waals surface area contributed by atoms with Gasteiger partial charge in [0.25, 0.3) is 0 Å². The molecule has 0 spiro atoms. The summed E-state index contributed by atoms with van der Waals surface area (Å²) in [7, 11) is 0. The van der Waals surface area contributed by atoms with Crippen LogP contribution in [0.4, 0.5) is 0 Å². The number of ketones is 1. The number of carbonyl (C=O) groups excluding carboxylic acids is 2. The van der Waals surface area contributed by atoms with Crippen LogP contribution in [-0.4, -0.2) is 41.7 Å². The van der Waals surface area contributed by atoms with Gasteiger partial charge in [-0.15, -0.1) is 0 Å². The Kier molecular flexibility index (Phi) is 33.1. The van der Waals surface area contributed by atoms with Crippen molar-refractivity contribution in [2.24, 2.45) is 11.8 Å². The number of hydrogen-bond donors (Lipinski definition) is 3. The van der Waals surface area contributed by atoms with E-state index < -0.39 is 0 Å². The van der Waals surface area contributed by atoms with Gasteiger partial charge in [-0.1, -0.05) is 47.5 Å². The first-order chi connectivity index (χ1) is 11.3. The van der Waals surface area contributed by atoms with Gasteiger partial charge < -0.3 is 15.5 Å². The van der Waals surface area contributed by atoms with E-state index in [0.29, 0.717) is 25.4 Å². The number of aliphatic hydroxyl groups is 2. The third-order valence-electron chi connectivity index (χ3n) is 3.61. The Labute approximate surface area is 160 Å². The third kappa shape index (κ3) is 35.5. The lowest BCUT2D eigenvalue weighted by atomic mass is 10.1.